The summed E-state index contributed by atoms with van der Waals surface area (Å²) in [7, 11) is 1.59. The first-order valence-electron chi connectivity index (χ1n) is 5.70. The van der Waals surface area contributed by atoms with Crippen LogP contribution in [0.15, 0.2) is 0 Å². The molecule has 1 amide bonds. The standard InChI is InChI=1S/C12H20N2O2/c1-11(2,16-3)8-10(15)14-12(9-13)6-4-5-7-12/h4-8H2,1-3H3,(H,14,15). The van der Waals surface area contributed by atoms with Gasteiger partial charge < -0.3 is 10.1 Å². The maximum atomic E-state index is 11.8. The van der Waals surface area contributed by atoms with Crippen molar-refractivity contribution in [3.8, 4) is 6.07 Å². The zero-order valence-electron chi connectivity index (χ0n) is 10.3. The summed E-state index contributed by atoms with van der Waals surface area (Å²) in [4.78, 5) is 11.8. The van der Waals surface area contributed by atoms with E-state index in [2.05, 4.69) is 11.4 Å². The highest BCUT2D eigenvalue weighted by molar-refractivity contribution is 5.78. The van der Waals surface area contributed by atoms with Gasteiger partial charge in [0.2, 0.25) is 5.91 Å². The van der Waals surface area contributed by atoms with Gasteiger partial charge in [-0.2, -0.15) is 5.26 Å². The van der Waals surface area contributed by atoms with E-state index in [0.29, 0.717) is 0 Å². The summed E-state index contributed by atoms with van der Waals surface area (Å²) in [5.74, 6) is -0.102. The molecule has 1 rings (SSSR count). The summed E-state index contributed by atoms with van der Waals surface area (Å²) in [5.41, 5.74) is -1.10. The molecular weight excluding hydrogens is 204 g/mol. The second kappa shape index (κ2) is 4.84. The minimum absolute atomic E-state index is 0.102. The average molecular weight is 224 g/mol. The Morgan fingerprint density at radius 1 is 1.50 bits per heavy atom. The number of hydrogen-bond acceptors (Lipinski definition) is 3. The first kappa shape index (κ1) is 13.0. The van der Waals surface area contributed by atoms with Crippen molar-refractivity contribution in [3.05, 3.63) is 0 Å². The maximum Gasteiger partial charge on any atom is 0.224 e. The first-order valence-corrected chi connectivity index (χ1v) is 5.70. The molecule has 0 aromatic carbocycles. The van der Waals surface area contributed by atoms with E-state index in [9.17, 15) is 4.79 Å². The summed E-state index contributed by atoms with van der Waals surface area (Å²) < 4.78 is 5.20. The molecule has 0 bridgehead atoms. The lowest BCUT2D eigenvalue weighted by Gasteiger charge is -2.26. The second-order valence-electron chi connectivity index (χ2n) is 5.09. The van der Waals surface area contributed by atoms with Gasteiger partial charge in [-0.05, 0) is 39.5 Å². The van der Waals surface area contributed by atoms with Gasteiger partial charge in [0, 0.05) is 7.11 Å². The van der Waals surface area contributed by atoms with Gasteiger partial charge in [0.25, 0.3) is 0 Å². The minimum atomic E-state index is -0.624. The van der Waals surface area contributed by atoms with Crippen LogP contribution in [0.1, 0.15) is 46.0 Å². The molecule has 16 heavy (non-hydrogen) atoms. The Morgan fingerprint density at radius 3 is 2.50 bits per heavy atom. The monoisotopic (exact) mass is 224 g/mol. The van der Waals surface area contributed by atoms with Crippen molar-refractivity contribution in [3.63, 3.8) is 0 Å². The SMILES string of the molecule is COC(C)(C)CC(=O)NC1(C#N)CCCC1. The Balaban J connectivity index is 2.54. The highest BCUT2D eigenvalue weighted by atomic mass is 16.5. The Kier molecular flexibility index (Phi) is 3.93. The smallest absolute Gasteiger partial charge is 0.224 e. The number of ether oxygens (including phenoxy) is 1. The van der Waals surface area contributed by atoms with Crippen molar-refractivity contribution in [1.82, 2.24) is 5.32 Å². The minimum Gasteiger partial charge on any atom is -0.378 e. The lowest BCUT2D eigenvalue weighted by atomic mass is 9.98. The number of nitrogens with zero attached hydrogens (tertiary/aromatic N) is 1. The Morgan fingerprint density at radius 2 is 2.06 bits per heavy atom. The van der Waals surface area contributed by atoms with Crippen LogP contribution in [0.2, 0.25) is 0 Å². The van der Waals surface area contributed by atoms with Gasteiger partial charge in [-0.1, -0.05) is 0 Å². The lowest BCUT2D eigenvalue weighted by Crippen LogP contribution is -2.47. The zero-order valence-corrected chi connectivity index (χ0v) is 10.3. The van der Waals surface area contributed by atoms with Crippen LogP contribution >= 0.6 is 0 Å². The molecule has 1 fully saturated rings. The van der Waals surface area contributed by atoms with Crippen LogP contribution in [0.4, 0.5) is 0 Å². The molecule has 0 atom stereocenters. The molecule has 1 saturated carbocycles. The van der Waals surface area contributed by atoms with Gasteiger partial charge in [-0.25, -0.2) is 0 Å². The number of methoxy groups -OCH3 is 1. The summed E-state index contributed by atoms with van der Waals surface area (Å²) in [6, 6.07) is 2.24. The molecule has 0 saturated heterocycles. The van der Waals surface area contributed by atoms with Crippen LogP contribution in [-0.4, -0.2) is 24.2 Å². The van der Waals surface area contributed by atoms with Crippen LogP contribution in [-0.2, 0) is 9.53 Å². The average Bonchev–Trinajstić information content (AvgIpc) is 2.66. The molecule has 1 aliphatic carbocycles. The largest absolute Gasteiger partial charge is 0.378 e. The molecule has 1 aliphatic rings. The van der Waals surface area contributed by atoms with Crippen molar-refractivity contribution in [2.45, 2.75) is 57.1 Å². The summed E-state index contributed by atoms with van der Waals surface area (Å²) in [5, 5.41) is 12.0. The van der Waals surface area contributed by atoms with Gasteiger partial charge >= 0.3 is 0 Å². The van der Waals surface area contributed by atoms with Crippen LogP contribution in [0.3, 0.4) is 0 Å². The van der Waals surface area contributed by atoms with Crippen LogP contribution in [0.5, 0.6) is 0 Å². The highest BCUT2D eigenvalue weighted by Gasteiger charge is 2.36. The Labute approximate surface area is 97.0 Å². The fourth-order valence-corrected chi connectivity index (χ4v) is 2.01. The van der Waals surface area contributed by atoms with Crippen molar-refractivity contribution < 1.29 is 9.53 Å². The van der Waals surface area contributed by atoms with E-state index in [-0.39, 0.29) is 12.3 Å². The fourth-order valence-electron chi connectivity index (χ4n) is 2.01. The molecule has 0 aromatic rings. The van der Waals surface area contributed by atoms with Crippen LogP contribution < -0.4 is 5.32 Å². The number of rotatable bonds is 4. The Bertz CT molecular complexity index is 299. The summed E-state index contributed by atoms with van der Waals surface area (Å²) in [6.45, 7) is 3.72. The third kappa shape index (κ3) is 3.21. The van der Waals surface area contributed by atoms with Crippen LogP contribution in [0.25, 0.3) is 0 Å². The van der Waals surface area contributed by atoms with E-state index in [1.807, 2.05) is 13.8 Å². The topological polar surface area (TPSA) is 62.1 Å². The van der Waals surface area contributed by atoms with Crippen molar-refractivity contribution in [2.75, 3.05) is 7.11 Å². The molecule has 0 unspecified atom stereocenters. The van der Waals surface area contributed by atoms with E-state index in [1.165, 1.54) is 0 Å². The van der Waals surface area contributed by atoms with E-state index in [0.717, 1.165) is 25.7 Å². The molecule has 0 heterocycles. The van der Waals surface area contributed by atoms with Gasteiger partial charge in [-0.3, -0.25) is 4.79 Å². The number of nitriles is 1. The molecule has 4 heteroatoms. The lowest BCUT2D eigenvalue weighted by molar-refractivity contribution is -0.127. The molecule has 90 valence electrons. The molecule has 0 aromatic heterocycles. The van der Waals surface area contributed by atoms with Gasteiger partial charge in [0.05, 0.1) is 18.1 Å². The van der Waals surface area contributed by atoms with Gasteiger partial charge in [0.1, 0.15) is 5.54 Å². The predicted octanol–water partition coefficient (Wildman–Crippen LogP) is 1.75. The van der Waals surface area contributed by atoms with Crippen molar-refractivity contribution in [1.29, 1.82) is 5.26 Å². The third-order valence-electron chi connectivity index (χ3n) is 3.19. The molecule has 4 nitrogen and oxygen atoms in total. The highest BCUT2D eigenvalue weighted by Crippen LogP contribution is 2.29. The summed E-state index contributed by atoms with van der Waals surface area (Å²) in [6.07, 6.45) is 3.85. The maximum absolute atomic E-state index is 11.8. The second-order valence-corrected chi connectivity index (χ2v) is 5.09. The number of hydrogen-bond donors (Lipinski definition) is 1. The summed E-state index contributed by atoms with van der Waals surface area (Å²) >= 11 is 0. The van der Waals surface area contributed by atoms with Crippen molar-refractivity contribution in [2.24, 2.45) is 0 Å². The van der Waals surface area contributed by atoms with Gasteiger partial charge in [0.15, 0.2) is 0 Å². The van der Waals surface area contributed by atoms with Crippen molar-refractivity contribution >= 4 is 5.91 Å². The van der Waals surface area contributed by atoms with Crippen LogP contribution in [0, 0.1) is 11.3 Å². The number of carbonyl (C=O) groups excluding carboxylic acids is 1. The van der Waals surface area contributed by atoms with Gasteiger partial charge in [-0.15, -0.1) is 0 Å². The normalized spacial score (nSPS) is 19.1. The Hall–Kier alpha value is -1.08. The number of carbonyl (C=O) groups is 1. The van der Waals surface area contributed by atoms with E-state index < -0.39 is 11.1 Å². The van der Waals surface area contributed by atoms with E-state index >= 15 is 0 Å². The first-order chi connectivity index (χ1) is 7.43. The number of amides is 1. The van der Waals surface area contributed by atoms with E-state index in [1.54, 1.807) is 7.11 Å². The fraction of sp³-hybridized carbons (Fsp3) is 0.833. The zero-order chi connectivity index (χ0) is 12.2. The third-order valence-corrected chi connectivity index (χ3v) is 3.19. The number of nitrogens with one attached hydrogen (secondary N) is 1. The van der Waals surface area contributed by atoms with E-state index in [4.69, 9.17) is 10.00 Å². The molecule has 0 radical (unpaired) electrons. The quantitative estimate of drug-likeness (QED) is 0.791. The molecular formula is C12H20N2O2. The molecule has 1 N–H and O–H groups in total. The molecule has 0 aliphatic heterocycles. The molecule has 0 spiro atoms. The predicted molar refractivity (Wildman–Crippen MR) is 60.7 cm³/mol.